The van der Waals surface area contributed by atoms with Gasteiger partial charge in [-0.25, -0.2) is 14.2 Å². The molecule has 3 N–H and O–H groups in total. The minimum Gasteiger partial charge on any atom is -0.389 e. The first-order valence-electron chi connectivity index (χ1n) is 8.81. The molecule has 26 heavy (non-hydrogen) atoms. The molecule has 0 aliphatic carbocycles. The molecule has 1 aliphatic heterocycles. The van der Waals surface area contributed by atoms with Gasteiger partial charge in [-0.05, 0) is 37.8 Å². The van der Waals surface area contributed by atoms with E-state index < -0.39 is 17.5 Å². The lowest BCUT2D eigenvalue weighted by molar-refractivity contribution is 0.0670. The number of ether oxygens (including phenoxy) is 1. The summed E-state index contributed by atoms with van der Waals surface area (Å²) in [5, 5.41) is 12.8. The van der Waals surface area contributed by atoms with Crippen LogP contribution in [-0.4, -0.2) is 32.9 Å². The van der Waals surface area contributed by atoms with Crippen LogP contribution in [0.15, 0.2) is 33.9 Å². The van der Waals surface area contributed by atoms with Crippen LogP contribution in [0.2, 0.25) is 0 Å². The maximum atomic E-state index is 12.4. The molecule has 0 amide bonds. The summed E-state index contributed by atoms with van der Waals surface area (Å²) in [5.41, 5.74) is 0.685. The first-order valence-corrected chi connectivity index (χ1v) is 8.81. The van der Waals surface area contributed by atoms with Gasteiger partial charge in [0, 0.05) is 19.3 Å². The second kappa shape index (κ2) is 7.84. The highest BCUT2D eigenvalue weighted by Gasteiger charge is 2.20. The molecule has 8 nitrogen and oxygen atoms in total. The molecule has 0 spiro atoms. The lowest BCUT2D eigenvalue weighted by Crippen LogP contribution is -2.42. The van der Waals surface area contributed by atoms with Crippen molar-refractivity contribution in [3.8, 4) is 0 Å². The van der Waals surface area contributed by atoms with Crippen molar-refractivity contribution in [1.29, 1.82) is 0 Å². The number of hydrogen-bond acceptors (Lipinski definition) is 6. The zero-order chi connectivity index (χ0) is 18.7. The molecular formula is C18H24N4O4. The molecule has 2 aromatic rings. The monoisotopic (exact) mass is 360 g/mol. The van der Waals surface area contributed by atoms with Gasteiger partial charge >= 0.3 is 11.4 Å². The van der Waals surface area contributed by atoms with Crippen LogP contribution >= 0.6 is 0 Å². The van der Waals surface area contributed by atoms with Crippen LogP contribution in [0.1, 0.15) is 56.0 Å². The number of anilines is 1. The summed E-state index contributed by atoms with van der Waals surface area (Å²) in [6, 6.07) is 7.11. The maximum absolute atomic E-state index is 12.4. The molecule has 1 aromatic heterocycles. The van der Waals surface area contributed by atoms with Crippen molar-refractivity contribution in [3.05, 3.63) is 56.4 Å². The summed E-state index contributed by atoms with van der Waals surface area (Å²) in [5.74, 6) is 0.137. The van der Waals surface area contributed by atoms with Gasteiger partial charge < -0.3 is 15.2 Å². The number of nitrogens with one attached hydrogen (secondary N) is 2. The third-order valence-corrected chi connectivity index (χ3v) is 4.66. The predicted octanol–water partition coefficient (Wildman–Crippen LogP) is 1.51. The van der Waals surface area contributed by atoms with Gasteiger partial charge in [0.15, 0.2) is 0 Å². The molecule has 8 heteroatoms. The Morgan fingerprint density at radius 1 is 1.27 bits per heavy atom. The average molecular weight is 360 g/mol. The Balaban J connectivity index is 1.81. The van der Waals surface area contributed by atoms with E-state index in [1.54, 1.807) is 6.92 Å². The van der Waals surface area contributed by atoms with E-state index >= 15 is 0 Å². The van der Waals surface area contributed by atoms with Crippen LogP contribution in [0, 0.1) is 0 Å². The Bertz CT molecular complexity index is 837. The molecule has 1 aliphatic rings. The van der Waals surface area contributed by atoms with Crippen molar-refractivity contribution >= 4 is 5.95 Å². The van der Waals surface area contributed by atoms with Gasteiger partial charge in [0.1, 0.15) is 0 Å². The predicted molar refractivity (Wildman–Crippen MR) is 97.3 cm³/mol. The zero-order valence-electron chi connectivity index (χ0n) is 14.9. The number of benzene rings is 1. The average Bonchev–Trinajstić information content (AvgIpc) is 2.62. The van der Waals surface area contributed by atoms with Gasteiger partial charge in [-0.3, -0.25) is 4.98 Å². The number of aromatic amines is 1. The highest BCUT2D eigenvalue weighted by atomic mass is 16.5. The van der Waals surface area contributed by atoms with Crippen LogP contribution in [0.25, 0.3) is 0 Å². The summed E-state index contributed by atoms with van der Waals surface area (Å²) >= 11 is 0. The molecule has 0 bridgehead atoms. The number of H-pyrrole nitrogens is 1. The normalized spacial score (nSPS) is 17.7. The van der Waals surface area contributed by atoms with Gasteiger partial charge in [-0.1, -0.05) is 24.3 Å². The van der Waals surface area contributed by atoms with Crippen LogP contribution in [0.3, 0.4) is 0 Å². The number of rotatable bonds is 5. The van der Waals surface area contributed by atoms with E-state index in [1.165, 1.54) is 4.57 Å². The molecule has 1 fully saturated rings. The van der Waals surface area contributed by atoms with Crippen LogP contribution in [0.5, 0.6) is 0 Å². The van der Waals surface area contributed by atoms with E-state index in [9.17, 15) is 14.7 Å². The van der Waals surface area contributed by atoms with Crippen molar-refractivity contribution in [2.75, 3.05) is 18.5 Å². The van der Waals surface area contributed by atoms with Gasteiger partial charge in [0.05, 0.1) is 12.1 Å². The van der Waals surface area contributed by atoms with Crippen molar-refractivity contribution < 1.29 is 9.84 Å². The van der Waals surface area contributed by atoms with Crippen molar-refractivity contribution in [1.82, 2.24) is 14.5 Å². The van der Waals surface area contributed by atoms with E-state index in [0.717, 1.165) is 11.1 Å². The highest BCUT2D eigenvalue weighted by Crippen LogP contribution is 2.21. The zero-order valence-corrected chi connectivity index (χ0v) is 14.9. The third-order valence-electron chi connectivity index (χ3n) is 4.66. The smallest absolute Gasteiger partial charge is 0.355 e. The Morgan fingerprint density at radius 3 is 2.62 bits per heavy atom. The van der Waals surface area contributed by atoms with Crippen LogP contribution in [0.4, 0.5) is 5.95 Å². The number of aliphatic hydroxyl groups is 1. The van der Waals surface area contributed by atoms with E-state index in [2.05, 4.69) is 15.3 Å². The summed E-state index contributed by atoms with van der Waals surface area (Å²) in [7, 11) is 0. The first-order chi connectivity index (χ1) is 12.5. The minimum atomic E-state index is -0.566. The van der Waals surface area contributed by atoms with Crippen LogP contribution < -0.4 is 16.7 Å². The van der Waals surface area contributed by atoms with Crippen molar-refractivity contribution in [2.45, 2.75) is 44.9 Å². The van der Waals surface area contributed by atoms with Crippen molar-refractivity contribution in [2.24, 2.45) is 0 Å². The molecule has 1 unspecified atom stereocenters. The molecule has 0 saturated carbocycles. The Labute approximate surface area is 150 Å². The molecule has 1 aromatic carbocycles. The lowest BCUT2D eigenvalue weighted by Gasteiger charge is -2.23. The molecule has 2 atom stereocenters. The summed E-state index contributed by atoms with van der Waals surface area (Å²) in [6.07, 6.45) is 0.684. The molecule has 3 rings (SSSR count). The molecular weight excluding hydrogens is 336 g/mol. The minimum absolute atomic E-state index is 0.137. The fourth-order valence-corrected chi connectivity index (χ4v) is 3.14. The van der Waals surface area contributed by atoms with E-state index in [4.69, 9.17) is 4.74 Å². The van der Waals surface area contributed by atoms with Gasteiger partial charge in [0.25, 0.3) is 0 Å². The van der Waals surface area contributed by atoms with Crippen LogP contribution in [-0.2, 0) is 4.74 Å². The van der Waals surface area contributed by atoms with E-state index in [0.29, 0.717) is 26.1 Å². The Hall–Kier alpha value is -2.45. The number of nitrogens with zero attached hydrogens (tertiary/aromatic N) is 2. The lowest BCUT2D eigenvalue weighted by atomic mass is 10.0. The largest absolute Gasteiger partial charge is 0.389 e. The fraction of sp³-hybridized carbons (Fsp3) is 0.500. The third kappa shape index (κ3) is 4.03. The van der Waals surface area contributed by atoms with E-state index in [-0.39, 0.29) is 18.0 Å². The van der Waals surface area contributed by atoms with Gasteiger partial charge in [0.2, 0.25) is 5.95 Å². The summed E-state index contributed by atoms with van der Waals surface area (Å²) in [6.45, 7) is 4.66. The fourth-order valence-electron chi connectivity index (χ4n) is 3.14. The summed E-state index contributed by atoms with van der Waals surface area (Å²) in [4.78, 5) is 31.3. The molecule has 140 valence electrons. The molecule has 1 saturated heterocycles. The SMILES string of the molecule is CC(O)c1cccc([C@H](C)Nc2nc(=O)n(C3CCOCC3)c(=O)[nH]2)c1. The van der Waals surface area contributed by atoms with Gasteiger partial charge in [-0.15, -0.1) is 0 Å². The highest BCUT2D eigenvalue weighted by molar-refractivity contribution is 5.33. The number of aromatic nitrogens is 3. The second-order valence-electron chi connectivity index (χ2n) is 6.60. The van der Waals surface area contributed by atoms with Gasteiger partial charge in [-0.2, -0.15) is 4.98 Å². The van der Waals surface area contributed by atoms with E-state index in [1.807, 2.05) is 31.2 Å². The molecule has 0 radical (unpaired) electrons. The Morgan fingerprint density at radius 2 is 1.96 bits per heavy atom. The second-order valence-corrected chi connectivity index (χ2v) is 6.60. The molecule has 2 heterocycles. The van der Waals surface area contributed by atoms with Crippen molar-refractivity contribution in [3.63, 3.8) is 0 Å². The maximum Gasteiger partial charge on any atom is 0.355 e. The standard InChI is InChI=1S/C18H24N4O4/c1-11(13-4-3-5-14(10-13)12(2)23)19-16-20-17(24)22(18(25)21-16)15-6-8-26-9-7-15/h3-5,10-12,15,23H,6-9H2,1-2H3,(H2,19,20,21,24,25)/t11-,12?/m0/s1. The number of aliphatic hydroxyl groups excluding tert-OH is 1. The number of hydrogen-bond donors (Lipinski definition) is 3. The Kier molecular flexibility index (Phi) is 5.53. The topological polar surface area (TPSA) is 109 Å². The quantitative estimate of drug-likeness (QED) is 0.746. The summed E-state index contributed by atoms with van der Waals surface area (Å²) < 4.78 is 6.45. The first kappa shape index (κ1) is 18.3.